The first-order valence-electron chi connectivity index (χ1n) is 5.43. The van der Waals surface area contributed by atoms with Crippen molar-refractivity contribution in [2.24, 2.45) is 7.05 Å². The van der Waals surface area contributed by atoms with Crippen LogP contribution in [0, 0.1) is 0 Å². The van der Waals surface area contributed by atoms with E-state index in [9.17, 15) is 8.42 Å². The van der Waals surface area contributed by atoms with Crippen molar-refractivity contribution in [3.05, 3.63) is 18.2 Å². The fraction of sp³-hybridized carbons (Fsp3) is 0.700. The van der Waals surface area contributed by atoms with Crippen LogP contribution in [-0.2, 0) is 23.6 Å². The summed E-state index contributed by atoms with van der Waals surface area (Å²) in [5, 5.41) is 0. The molecule has 7 heteroatoms. The van der Waals surface area contributed by atoms with E-state index in [2.05, 4.69) is 4.98 Å². The maximum Gasteiger partial charge on any atom is 0.214 e. The van der Waals surface area contributed by atoms with Crippen molar-refractivity contribution in [1.82, 2.24) is 13.9 Å². The van der Waals surface area contributed by atoms with Gasteiger partial charge in [0.05, 0.1) is 12.3 Å². The summed E-state index contributed by atoms with van der Waals surface area (Å²) >= 11 is 5.52. The van der Waals surface area contributed by atoms with Gasteiger partial charge in [0.2, 0.25) is 10.0 Å². The number of hydrogen-bond donors (Lipinski definition) is 0. The number of aromatic nitrogens is 2. The fourth-order valence-corrected chi connectivity index (χ4v) is 2.76. The van der Waals surface area contributed by atoms with Gasteiger partial charge in [0.15, 0.2) is 0 Å². The van der Waals surface area contributed by atoms with Gasteiger partial charge in [0.1, 0.15) is 5.82 Å². The quantitative estimate of drug-likeness (QED) is 0.557. The van der Waals surface area contributed by atoms with Gasteiger partial charge in [0.25, 0.3) is 0 Å². The molecule has 0 aromatic carbocycles. The van der Waals surface area contributed by atoms with Crippen LogP contribution in [0.3, 0.4) is 0 Å². The predicted molar refractivity (Wildman–Crippen MR) is 68.4 cm³/mol. The molecule has 0 unspecified atom stereocenters. The van der Waals surface area contributed by atoms with Crippen LogP contribution in [0.15, 0.2) is 12.4 Å². The Kier molecular flexibility index (Phi) is 5.42. The second-order valence-electron chi connectivity index (χ2n) is 3.92. The molecule has 0 saturated heterocycles. The summed E-state index contributed by atoms with van der Waals surface area (Å²) in [6, 6.07) is 0. The maximum absolute atomic E-state index is 11.9. The summed E-state index contributed by atoms with van der Waals surface area (Å²) in [5.74, 6) is 1.37. The lowest BCUT2D eigenvalue weighted by Gasteiger charge is -2.16. The molecule has 1 heterocycles. The number of nitrogens with zero attached hydrogens (tertiary/aromatic N) is 3. The number of hydrogen-bond acceptors (Lipinski definition) is 3. The standard InChI is InChI=1S/C10H18ClN3O2S/c1-13-7-6-12-10(13)9-14(2)17(15,16)8-4-3-5-11/h6-7H,3-5,8-9H2,1-2H3. The zero-order valence-corrected chi connectivity index (χ0v) is 11.7. The van der Waals surface area contributed by atoms with E-state index in [-0.39, 0.29) is 5.75 Å². The Morgan fingerprint density at radius 3 is 2.71 bits per heavy atom. The molecule has 0 saturated carbocycles. The van der Waals surface area contributed by atoms with Gasteiger partial charge in [-0.3, -0.25) is 0 Å². The van der Waals surface area contributed by atoms with Gasteiger partial charge < -0.3 is 4.57 Å². The van der Waals surface area contributed by atoms with Crippen LogP contribution in [0.4, 0.5) is 0 Å². The number of halogens is 1. The average Bonchev–Trinajstić information content (AvgIpc) is 2.64. The summed E-state index contributed by atoms with van der Waals surface area (Å²) in [6.45, 7) is 0.298. The van der Waals surface area contributed by atoms with Crippen LogP contribution >= 0.6 is 11.6 Å². The summed E-state index contributed by atoms with van der Waals surface area (Å²) in [6.07, 6.45) is 4.76. The number of aryl methyl sites for hydroxylation is 1. The van der Waals surface area contributed by atoms with Crippen molar-refractivity contribution < 1.29 is 8.42 Å². The van der Waals surface area contributed by atoms with Crippen LogP contribution in [0.5, 0.6) is 0 Å². The van der Waals surface area contributed by atoms with Crippen LogP contribution < -0.4 is 0 Å². The highest BCUT2D eigenvalue weighted by atomic mass is 35.5. The summed E-state index contributed by atoms with van der Waals surface area (Å²) in [7, 11) is 0.214. The smallest absolute Gasteiger partial charge is 0.214 e. The minimum absolute atomic E-state index is 0.140. The molecule has 0 aliphatic heterocycles. The van der Waals surface area contributed by atoms with E-state index in [0.29, 0.717) is 18.8 Å². The first-order chi connectivity index (χ1) is 7.97. The monoisotopic (exact) mass is 279 g/mol. The molecule has 0 aliphatic rings. The highest BCUT2D eigenvalue weighted by Gasteiger charge is 2.18. The van der Waals surface area contributed by atoms with Crippen LogP contribution in [0.25, 0.3) is 0 Å². The maximum atomic E-state index is 11.9. The molecular formula is C10H18ClN3O2S. The van der Waals surface area contributed by atoms with Crippen LogP contribution in [-0.4, -0.2) is 41.0 Å². The highest BCUT2D eigenvalue weighted by molar-refractivity contribution is 7.89. The Morgan fingerprint density at radius 2 is 2.18 bits per heavy atom. The van der Waals surface area contributed by atoms with Gasteiger partial charge in [0, 0.05) is 32.4 Å². The Morgan fingerprint density at radius 1 is 1.47 bits per heavy atom. The number of imidazole rings is 1. The summed E-state index contributed by atoms with van der Waals surface area (Å²) < 4.78 is 26.9. The van der Waals surface area contributed by atoms with E-state index in [0.717, 1.165) is 12.2 Å². The first kappa shape index (κ1) is 14.5. The SMILES string of the molecule is CN(Cc1nccn1C)S(=O)(=O)CCCCCl. The van der Waals surface area contributed by atoms with Crippen LogP contribution in [0.1, 0.15) is 18.7 Å². The summed E-state index contributed by atoms with van der Waals surface area (Å²) in [5.41, 5.74) is 0. The molecule has 0 amide bonds. The van der Waals surface area contributed by atoms with E-state index < -0.39 is 10.0 Å². The minimum Gasteiger partial charge on any atom is -0.337 e. The van der Waals surface area contributed by atoms with Gasteiger partial charge in [-0.25, -0.2) is 13.4 Å². The third-order valence-corrected chi connectivity index (χ3v) is 4.70. The molecule has 98 valence electrons. The van der Waals surface area contributed by atoms with Gasteiger partial charge in [-0.2, -0.15) is 4.31 Å². The predicted octanol–water partition coefficient (Wildman–Crippen LogP) is 1.20. The molecule has 1 aromatic rings. The highest BCUT2D eigenvalue weighted by Crippen LogP contribution is 2.07. The van der Waals surface area contributed by atoms with Gasteiger partial charge in [-0.05, 0) is 12.8 Å². The van der Waals surface area contributed by atoms with Gasteiger partial charge in [-0.1, -0.05) is 0 Å². The lowest BCUT2D eigenvalue weighted by atomic mass is 10.4. The molecule has 0 aliphatic carbocycles. The zero-order valence-electron chi connectivity index (χ0n) is 10.1. The van der Waals surface area contributed by atoms with Crippen molar-refractivity contribution in [2.45, 2.75) is 19.4 Å². The average molecular weight is 280 g/mol. The molecule has 0 bridgehead atoms. The fourth-order valence-electron chi connectivity index (χ4n) is 1.38. The molecule has 0 N–H and O–H groups in total. The van der Waals surface area contributed by atoms with E-state index in [4.69, 9.17) is 11.6 Å². The summed E-state index contributed by atoms with van der Waals surface area (Å²) in [4.78, 5) is 4.10. The van der Waals surface area contributed by atoms with Crippen molar-refractivity contribution in [1.29, 1.82) is 0 Å². The Labute approximate surface area is 107 Å². The molecule has 0 spiro atoms. The van der Waals surface area contributed by atoms with Crippen molar-refractivity contribution >= 4 is 21.6 Å². The lowest BCUT2D eigenvalue weighted by Crippen LogP contribution is -2.29. The molecule has 1 rings (SSSR count). The van der Waals surface area contributed by atoms with Crippen molar-refractivity contribution in [2.75, 3.05) is 18.7 Å². The molecule has 17 heavy (non-hydrogen) atoms. The van der Waals surface area contributed by atoms with Crippen LogP contribution in [0.2, 0.25) is 0 Å². The lowest BCUT2D eigenvalue weighted by molar-refractivity contribution is 0.450. The first-order valence-corrected chi connectivity index (χ1v) is 7.58. The van der Waals surface area contributed by atoms with Gasteiger partial charge >= 0.3 is 0 Å². The van der Waals surface area contributed by atoms with Gasteiger partial charge in [-0.15, -0.1) is 11.6 Å². The molecule has 0 fully saturated rings. The molecule has 0 atom stereocenters. The second-order valence-corrected chi connectivity index (χ2v) is 6.50. The number of unbranched alkanes of at least 4 members (excludes halogenated alkanes) is 1. The molecular weight excluding hydrogens is 262 g/mol. The Hall–Kier alpha value is -0.590. The molecule has 5 nitrogen and oxygen atoms in total. The Balaban J connectivity index is 2.57. The third kappa shape index (κ3) is 4.29. The molecule has 0 radical (unpaired) electrons. The van der Waals surface area contributed by atoms with E-state index >= 15 is 0 Å². The second kappa shape index (κ2) is 6.37. The molecule has 1 aromatic heterocycles. The Bertz CT molecular complexity index is 444. The number of rotatable bonds is 7. The normalized spacial score (nSPS) is 12.2. The largest absolute Gasteiger partial charge is 0.337 e. The van der Waals surface area contributed by atoms with Crippen molar-refractivity contribution in [3.63, 3.8) is 0 Å². The third-order valence-electron chi connectivity index (χ3n) is 2.55. The minimum atomic E-state index is -3.20. The zero-order chi connectivity index (χ0) is 12.9. The topological polar surface area (TPSA) is 55.2 Å². The number of sulfonamides is 1. The van der Waals surface area contributed by atoms with E-state index in [1.165, 1.54) is 4.31 Å². The number of alkyl halides is 1. The van der Waals surface area contributed by atoms with E-state index in [1.54, 1.807) is 19.4 Å². The van der Waals surface area contributed by atoms with E-state index in [1.807, 2.05) is 11.6 Å². The van der Waals surface area contributed by atoms with Crippen molar-refractivity contribution in [3.8, 4) is 0 Å².